The van der Waals surface area contributed by atoms with E-state index < -0.39 is 48.0 Å². The molecule has 1 atom stereocenters. The minimum atomic E-state index is -4.99. The molecule has 2 aromatic rings. The number of halogens is 8. The molecular formula is C27H28F8N2O2. The van der Waals surface area contributed by atoms with Crippen molar-refractivity contribution in [3.05, 3.63) is 63.7 Å². The van der Waals surface area contributed by atoms with Gasteiger partial charge in [-0.3, -0.25) is 4.90 Å². The SMILES string of the molecule is CC(C)COC(=O)N1CCCC(NCc2cc(C(F)(F)F)cc(C(F)(F)F)c2)c2cc3c(cc21)CCC3(F)F. The van der Waals surface area contributed by atoms with Gasteiger partial charge in [0, 0.05) is 31.1 Å². The number of nitrogens with one attached hydrogen (secondary N) is 1. The van der Waals surface area contributed by atoms with Gasteiger partial charge in [0.15, 0.2) is 0 Å². The molecule has 1 aliphatic heterocycles. The summed E-state index contributed by atoms with van der Waals surface area (Å²) in [4.78, 5) is 14.3. The van der Waals surface area contributed by atoms with Crippen molar-refractivity contribution in [1.29, 1.82) is 0 Å². The van der Waals surface area contributed by atoms with Gasteiger partial charge in [0.25, 0.3) is 5.92 Å². The molecule has 1 amide bonds. The minimum Gasteiger partial charge on any atom is -0.449 e. The maximum absolute atomic E-state index is 14.6. The van der Waals surface area contributed by atoms with Crippen LogP contribution in [-0.4, -0.2) is 19.2 Å². The summed E-state index contributed by atoms with van der Waals surface area (Å²) in [5.74, 6) is -3.03. The van der Waals surface area contributed by atoms with E-state index in [1.807, 2.05) is 13.8 Å². The zero-order chi connectivity index (χ0) is 28.8. The summed E-state index contributed by atoms with van der Waals surface area (Å²) < 4.78 is 114. The van der Waals surface area contributed by atoms with Crippen LogP contribution in [0.3, 0.4) is 0 Å². The van der Waals surface area contributed by atoms with E-state index >= 15 is 0 Å². The molecule has 1 unspecified atom stereocenters. The summed E-state index contributed by atoms with van der Waals surface area (Å²) >= 11 is 0. The number of aryl methyl sites for hydroxylation is 1. The number of carbonyl (C=O) groups is 1. The van der Waals surface area contributed by atoms with Crippen LogP contribution in [0.1, 0.15) is 72.5 Å². The predicted octanol–water partition coefficient (Wildman–Crippen LogP) is 7.99. The smallest absolute Gasteiger partial charge is 0.416 e. The van der Waals surface area contributed by atoms with Crippen LogP contribution in [-0.2, 0) is 36.0 Å². The van der Waals surface area contributed by atoms with Crippen LogP contribution in [0.2, 0.25) is 0 Å². The van der Waals surface area contributed by atoms with Crippen molar-refractivity contribution >= 4 is 11.8 Å². The Morgan fingerprint density at radius 3 is 2.28 bits per heavy atom. The topological polar surface area (TPSA) is 41.6 Å². The second-order valence-electron chi connectivity index (χ2n) is 10.4. The molecule has 0 radical (unpaired) electrons. The molecule has 0 aromatic heterocycles. The van der Waals surface area contributed by atoms with Crippen molar-refractivity contribution in [3.63, 3.8) is 0 Å². The second kappa shape index (κ2) is 10.6. The van der Waals surface area contributed by atoms with Gasteiger partial charge in [0.05, 0.1) is 23.4 Å². The zero-order valence-electron chi connectivity index (χ0n) is 21.3. The van der Waals surface area contributed by atoms with Gasteiger partial charge in [0.2, 0.25) is 0 Å². The van der Waals surface area contributed by atoms with Crippen LogP contribution < -0.4 is 10.2 Å². The molecule has 0 saturated carbocycles. The number of alkyl halides is 8. The van der Waals surface area contributed by atoms with Crippen molar-refractivity contribution in [2.45, 2.75) is 70.4 Å². The Bertz CT molecular complexity index is 1190. The van der Waals surface area contributed by atoms with E-state index in [0.29, 0.717) is 41.8 Å². The van der Waals surface area contributed by atoms with E-state index in [9.17, 15) is 39.9 Å². The number of hydrogen-bond donors (Lipinski definition) is 1. The number of ether oxygens (including phenoxy) is 1. The first-order valence-corrected chi connectivity index (χ1v) is 12.6. The van der Waals surface area contributed by atoms with Crippen LogP contribution in [0.5, 0.6) is 0 Å². The highest BCUT2D eigenvalue weighted by Crippen LogP contribution is 2.46. The maximum Gasteiger partial charge on any atom is 0.416 e. The van der Waals surface area contributed by atoms with E-state index in [2.05, 4.69) is 5.32 Å². The molecule has 214 valence electrons. The number of amides is 1. The highest BCUT2D eigenvalue weighted by molar-refractivity contribution is 5.89. The molecule has 0 saturated heterocycles. The van der Waals surface area contributed by atoms with Crippen LogP contribution in [0.15, 0.2) is 30.3 Å². The number of hydrogen-bond acceptors (Lipinski definition) is 3. The van der Waals surface area contributed by atoms with Gasteiger partial charge in [-0.05, 0) is 72.2 Å². The molecule has 1 heterocycles. The minimum absolute atomic E-state index is 0.0521. The van der Waals surface area contributed by atoms with Gasteiger partial charge in [-0.1, -0.05) is 13.8 Å². The normalized spacial score (nSPS) is 19.1. The fraction of sp³-hybridized carbons (Fsp3) is 0.519. The van der Waals surface area contributed by atoms with Gasteiger partial charge in [-0.15, -0.1) is 0 Å². The first-order chi connectivity index (χ1) is 18.1. The summed E-state index contributed by atoms with van der Waals surface area (Å²) in [6, 6.07) is 3.42. The summed E-state index contributed by atoms with van der Waals surface area (Å²) in [6.07, 6.45) is -10.2. The fourth-order valence-electron chi connectivity index (χ4n) is 4.94. The fourth-order valence-corrected chi connectivity index (χ4v) is 4.94. The molecule has 0 bridgehead atoms. The third-order valence-electron chi connectivity index (χ3n) is 6.86. The quantitative estimate of drug-likeness (QED) is 0.375. The van der Waals surface area contributed by atoms with E-state index in [0.717, 1.165) is 0 Å². The van der Waals surface area contributed by atoms with E-state index in [1.54, 1.807) is 0 Å². The average molecular weight is 565 g/mol. The van der Waals surface area contributed by atoms with E-state index in [1.165, 1.54) is 17.0 Å². The zero-order valence-corrected chi connectivity index (χ0v) is 21.3. The lowest BCUT2D eigenvalue weighted by atomic mass is 9.95. The lowest BCUT2D eigenvalue weighted by molar-refractivity contribution is -0.143. The highest BCUT2D eigenvalue weighted by Gasteiger charge is 2.42. The first-order valence-electron chi connectivity index (χ1n) is 12.6. The van der Waals surface area contributed by atoms with Gasteiger partial charge in [-0.25, -0.2) is 13.6 Å². The van der Waals surface area contributed by atoms with Gasteiger partial charge in [-0.2, -0.15) is 26.3 Å². The molecule has 12 heteroatoms. The van der Waals surface area contributed by atoms with Gasteiger partial charge in [0.1, 0.15) is 0 Å². The molecule has 4 rings (SSSR count). The number of anilines is 1. The Morgan fingerprint density at radius 1 is 1.05 bits per heavy atom. The van der Waals surface area contributed by atoms with Crippen molar-refractivity contribution in [3.8, 4) is 0 Å². The van der Waals surface area contributed by atoms with Crippen LogP contribution >= 0.6 is 0 Å². The molecule has 0 spiro atoms. The molecule has 1 aliphatic carbocycles. The Hall–Kier alpha value is -2.89. The Morgan fingerprint density at radius 2 is 1.69 bits per heavy atom. The molecule has 0 fully saturated rings. The number of nitrogens with zero attached hydrogens (tertiary/aromatic N) is 1. The number of carbonyl (C=O) groups excluding carboxylic acids is 1. The molecule has 2 aromatic carbocycles. The lowest BCUT2D eigenvalue weighted by Crippen LogP contribution is -2.33. The summed E-state index contributed by atoms with van der Waals surface area (Å²) in [6.45, 7) is 3.68. The molecule has 1 N–H and O–H groups in total. The molecule has 4 nitrogen and oxygen atoms in total. The highest BCUT2D eigenvalue weighted by atomic mass is 19.4. The van der Waals surface area contributed by atoms with Crippen molar-refractivity contribution in [2.24, 2.45) is 5.92 Å². The van der Waals surface area contributed by atoms with Crippen molar-refractivity contribution < 1.29 is 44.7 Å². The molecular weight excluding hydrogens is 536 g/mol. The van der Waals surface area contributed by atoms with Crippen LogP contribution in [0, 0.1) is 5.92 Å². The second-order valence-corrected chi connectivity index (χ2v) is 10.4. The van der Waals surface area contributed by atoms with Crippen molar-refractivity contribution in [1.82, 2.24) is 5.32 Å². The Labute approximate surface area is 220 Å². The van der Waals surface area contributed by atoms with Gasteiger partial charge < -0.3 is 10.1 Å². The Balaban J connectivity index is 1.69. The summed E-state index contributed by atoms with van der Waals surface area (Å²) in [7, 11) is 0. The number of benzene rings is 2. The Kier molecular flexibility index (Phi) is 7.90. The summed E-state index contributed by atoms with van der Waals surface area (Å²) in [5.41, 5.74) is -2.29. The third-order valence-corrected chi connectivity index (χ3v) is 6.86. The standard InChI is InChI=1S/C27H28F8N2O2/c1-15(2)14-39-24(38)37-7-3-4-22(20-12-21-17(10-23(20)37)5-6-25(21,28)29)36-13-16-8-18(26(30,31)32)11-19(9-16)27(33,34)35/h8-12,15,22,36H,3-7,13-14H2,1-2H3. The largest absolute Gasteiger partial charge is 0.449 e. The average Bonchev–Trinajstić information content (AvgIpc) is 3.02. The van der Waals surface area contributed by atoms with E-state index in [-0.39, 0.29) is 49.2 Å². The van der Waals surface area contributed by atoms with Crippen LogP contribution in [0.4, 0.5) is 45.6 Å². The van der Waals surface area contributed by atoms with E-state index in [4.69, 9.17) is 4.74 Å². The third kappa shape index (κ3) is 6.47. The number of rotatable bonds is 5. The molecule has 2 aliphatic rings. The maximum atomic E-state index is 14.6. The van der Waals surface area contributed by atoms with Crippen molar-refractivity contribution in [2.75, 3.05) is 18.1 Å². The monoisotopic (exact) mass is 564 g/mol. The van der Waals surface area contributed by atoms with Gasteiger partial charge >= 0.3 is 18.4 Å². The summed E-state index contributed by atoms with van der Waals surface area (Å²) in [5, 5.41) is 2.96. The predicted molar refractivity (Wildman–Crippen MR) is 127 cm³/mol. The van der Waals surface area contributed by atoms with Crippen LogP contribution in [0.25, 0.3) is 0 Å². The lowest BCUT2D eigenvalue weighted by Gasteiger charge is -2.26. The number of fused-ring (bicyclic) bond motifs is 2. The molecule has 39 heavy (non-hydrogen) atoms. The first kappa shape index (κ1) is 29.1.